The molecule has 0 radical (unpaired) electrons. The second-order valence-corrected chi connectivity index (χ2v) is 10.9. The van der Waals surface area contributed by atoms with Gasteiger partial charge in [0, 0.05) is 11.6 Å². The van der Waals surface area contributed by atoms with Crippen LogP contribution in [0, 0.1) is 11.8 Å². The summed E-state index contributed by atoms with van der Waals surface area (Å²) in [5, 5.41) is 13.8. The van der Waals surface area contributed by atoms with Gasteiger partial charge in [0.1, 0.15) is 5.54 Å². The zero-order chi connectivity index (χ0) is 24.4. The Morgan fingerprint density at radius 3 is 2.47 bits per heavy atom. The van der Waals surface area contributed by atoms with Gasteiger partial charge in [0.05, 0.1) is 11.8 Å². The molecule has 0 spiro atoms. The van der Waals surface area contributed by atoms with E-state index in [1.54, 1.807) is 0 Å². The summed E-state index contributed by atoms with van der Waals surface area (Å²) in [5.41, 5.74) is 3.53. The van der Waals surface area contributed by atoms with Gasteiger partial charge in [-0.15, -0.1) is 0 Å². The van der Waals surface area contributed by atoms with Crippen molar-refractivity contribution in [1.82, 2.24) is 10.2 Å². The fourth-order valence-corrected chi connectivity index (χ4v) is 6.30. The van der Waals surface area contributed by atoms with E-state index in [4.69, 9.17) is 0 Å². The molecule has 4 atom stereocenters. The molecular formula is C28H32N2O4. The second kappa shape index (κ2) is 7.77. The van der Waals surface area contributed by atoms with Gasteiger partial charge in [0.25, 0.3) is 0 Å². The molecule has 0 saturated carbocycles. The molecule has 178 valence electrons. The minimum Gasteiger partial charge on any atom is -0.480 e. The lowest BCUT2D eigenvalue weighted by Crippen LogP contribution is -2.57. The summed E-state index contributed by atoms with van der Waals surface area (Å²) in [5.74, 6) is -3.35. The average Bonchev–Trinajstić information content (AvgIpc) is 3.40. The number of fused-ring (bicyclic) bond motifs is 4. The normalized spacial score (nSPS) is 27.6. The van der Waals surface area contributed by atoms with E-state index in [2.05, 4.69) is 29.6 Å². The molecule has 2 aromatic rings. The Morgan fingerprint density at radius 2 is 1.79 bits per heavy atom. The van der Waals surface area contributed by atoms with Crippen LogP contribution in [-0.2, 0) is 20.8 Å². The summed E-state index contributed by atoms with van der Waals surface area (Å²) in [6, 6.07) is 13.9. The fraction of sp³-hybridized carbons (Fsp3) is 0.464. The maximum atomic E-state index is 13.7. The number of carboxylic acid groups (broad SMARTS) is 1. The first-order valence-electron chi connectivity index (χ1n) is 12.2. The minimum atomic E-state index is -1.46. The van der Waals surface area contributed by atoms with Crippen molar-refractivity contribution in [2.45, 2.75) is 70.5 Å². The number of nitrogens with zero attached hydrogens (tertiary/aromatic N) is 1. The predicted octanol–water partition coefficient (Wildman–Crippen LogP) is 4.32. The van der Waals surface area contributed by atoms with Crippen molar-refractivity contribution in [3.05, 3.63) is 59.2 Å². The van der Waals surface area contributed by atoms with Crippen LogP contribution in [0.25, 0.3) is 11.1 Å². The van der Waals surface area contributed by atoms with Gasteiger partial charge in [-0.3, -0.25) is 24.6 Å². The molecule has 2 heterocycles. The zero-order valence-electron chi connectivity index (χ0n) is 20.2. The van der Waals surface area contributed by atoms with Gasteiger partial charge >= 0.3 is 5.97 Å². The fourth-order valence-electron chi connectivity index (χ4n) is 6.30. The van der Waals surface area contributed by atoms with E-state index in [0.29, 0.717) is 12.8 Å². The van der Waals surface area contributed by atoms with Crippen molar-refractivity contribution in [3.63, 3.8) is 0 Å². The lowest BCUT2D eigenvalue weighted by molar-refractivity contribution is -0.154. The molecule has 5 rings (SSSR count). The minimum absolute atomic E-state index is 0.275. The average molecular weight is 461 g/mol. The SMILES string of the molecule is CCCCC1(C(=O)O)NC(c2ccc3c(c2)Cc2ccccc2-3)C2C(=O)N(C(C)(C)C)C(=O)C21. The molecule has 0 bridgehead atoms. The molecule has 3 aliphatic rings. The van der Waals surface area contributed by atoms with Crippen molar-refractivity contribution in [2.24, 2.45) is 11.8 Å². The standard InChI is InChI=1S/C28H32N2O4/c1-5-6-13-28(26(33)34)22-21(24(31)30(25(22)32)27(2,3)4)23(29-28)17-11-12-20-18(15-17)14-16-9-7-8-10-19(16)20/h7-12,15,21-23,29H,5-6,13-14H2,1-4H3,(H,33,34). The Balaban J connectivity index is 1.61. The molecule has 2 amide bonds. The van der Waals surface area contributed by atoms with Crippen molar-refractivity contribution < 1.29 is 19.5 Å². The summed E-state index contributed by atoms with van der Waals surface area (Å²) in [4.78, 5) is 41.4. The Hall–Kier alpha value is -2.99. The van der Waals surface area contributed by atoms with Crippen molar-refractivity contribution in [1.29, 1.82) is 0 Å². The summed E-state index contributed by atoms with van der Waals surface area (Å²) in [6.07, 6.45) is 2.58. The molecule has 2 fully saturated rings. The topological polar surface area (TPSA) is 86.7 Å². The quantitative estimate of drug-likeness (QED) is 0.554. The van der Waals surface area contributed by atoms with E-state index in [0.717, 1.165) is 18.4 Å². The highest BCUT2D eigenvalue weighted by Gasteiger charge is 2.69. The van der Waals surface area contributed by atoms with Crippen LogP contribution in [0.2, 0.25) is 0 Å². The molecule has 1 aliphatic carbocycles. The van der Waals surface area contributed by atoms with Crippen LogP contribution in [0.1, 0.15) is 69.7 Å². The Kier molecular flexibility index (Phi) is 5.21. The molecule has 6 nitrogen and oxygen atoms in total. The van der Waals surface area contributed by atoms with E-state index in [9.17, 15) is 19.5 Å². The number of unbranched alkanes of at least 4 members (excludes halogenated alkanes) is 1. The van der Waals surface area contributed by atoms with Gasteiger partial charge < -0.3 is 5.11 Å². The maximum Gasteiger partial charge on any atom is 0.324 e. The van der Waals surface area contributed by atoms with Crippen LogP contribution < -0.4 is 5.32 Å². The van der Waals surface area contributed by atoms with Crippen LogP contribution in [0.4, 0.5) is 0 Å². The number of hydrogen-bond acceptors (Lipinski definition) is 4. The summed E-state index contributed by atoms with van der Waals surface area (Å²) >= 11 is 0. The van der Waals surface area contributed by atoms with Crippen LogP contribution in [-0.4, -0.2) is 38.9 Å². The Labute approximate surface area is 200 Å². The van der Waals surface area contributed by atoms with Crippen LogP contribution in [0.15, 0.2) is 42.5 Å². The van der Waals surface area contributed by atoms with Gasteiger partial charge in [0.15, 0.2) is 0 Å². The zero-order valence-corrected chi connectivity index (χ0v) is 20.2. The molecule has 0 aromatic heterocycles. The predicted molar refractivity (Wildman–Crippen MR) is 129 cm³/mol. The highest BCUT2D eigenvalue weighted by molar-refractivity contribution is 6.10. The number of benzene rings is 2. The van der Waals surface area contributed by atoms with Crippen LogP contribution in [0.5, 0.6) is 0 Å². The first kappa shape index (κ1) is 22.8. The molecule has 4 unspecified atom stereocenters. The molecular weight excluding hydrogens is 428 g/mol. The Bertz CT molecular complexity index is 1200. The number of carboxylic acids is 1. The third-order valence-electron chi connectivity index (χ3n) is 7.81. The monoisotopic (exact) mass is 460 g/mol. The molecule has 2 saturated heterocycles. The number of carbonyl (C=O) groups excluding carboxylic acids is 2. The molecule has 2 aromatic carbocycles. The highest BCUT2D eigenvalue weighted by atomic mass is 16.4. The summed E-state index contributed by atoms with van der Waals surface area (Å²) < 4.78 is 0. The maximum absolute atomic E-state index is 13.7. The number of nitrogens with one attached hydrogen (secondary N) is 1. The number of amides is 2. The number of likely N-dealkylation sites (tertiary alicyclic amines) is 1. The van der Waals surface area contributed by atoms with E-state index < -0.39 is 34.9 Å². The van der Waals surface area contributed by atoms with Crippen molar-refractivity contribution >= 4 is 17.8 Å². The number of hydrogen-bond donors (Lipinski definition) is 2. The number of aliphatic carboxylic acids is 1. The molecule has 34 heavy (non-hydrogen) atoms. The smallest absolute Gasteiger partial charge is 0.324 e. The third-order valence-corrected chi connectivity index (χ3v) is 7.81. The molecule has 2 N–H and O–H groups in total. The van der Waals surface area contributed by atoms with E-state index in [1.165, 1.54) is 27.2 Å². The lowest BCUT2D eigenvalue weighted by atomic mass is 9.76. The number of carbonyl (C=O) groups is 3. The summed E-state index contributed by atoms with van der Waals surface area (Å²) in [7, 11) is 0. The van der Waals surface area contributed by atoms with Gasteiger partial charge in [0.2, 0.25) is 11.8 Å². The highest BCUT2D eigenvalue weighted by Crippen LogP contribution is 2.52. The number of imide groups is 1. The number of rotatable bonds is 5. The lowest BCUT2D eigenvalue weighted by Gasteiger charge is -2.35. The van der Waals surface area contributed by atoms with Crippen molar-refractivity contribution in [3.8, 4) is 11.1 Å². The third kappa shape index (κ3) is 3.15. The van der Waals surface area contributed by atoms with Gasteiger partial charge in [-0.05, 0) is 61.4 Å². The van der Waals surface area contributed by atoms with E-state index in [1.807, 2.05) is 45.9 Å². The van der Waals surface area contributed by atoms with Gasteiger partial charge in [-0.2, -0.15) is 0 Å². The first-order chi connectivity index (χ1) is 16.1. The Morgan fingerprint density at radius 1 is 1.09 bits per heavy atom. The largest absolute Gasteiger partial charge is 0.480 e. The molecule has 6 heteroatoms. The second-order valence-electron chi connectivity index (χ2n) is 10.9. The van der Waals surface area contributed by atoms with Crippen molar-refractivity contribution in [2.75, 3.05) is 0 Å². The van der Waals surface area contributed by atoms with Crippen LogP contribution >= 0.6 is 0 Å². The molecule has 2 aliphatic heterocycles. The van der Waals surface area contributed by atoms with E-state index >= 15 is 0 Å². The first-order valence-corrected chi connectivity index (χ1v) is 12.2. The van der Waals surface area contributed by atoms with Gasteiger partial charge in [-0.1, -0.05) is 62.2 Å². The van der Waals surface area contributed by atoms with Crippen LogP contribution in [0.3, 0.4) is 0 Å². The van der Waals surface area contributed by atoms with Gasteiger partial charge in [-0.25, -0.2) is 0 Å². The van der Waals surface area contributed by atoms with E-state index in [-0.39, 0.29) is 11.8 Å². The summed E-state index contributed by atoms with van der Waals surface area (Å²) in [6.45, 7) is 7.48.